The Morgan fingerprint density at radius 1 is 0.905 bits per heavy atom. The Kier molecular flexibility index (Phi) is 4.38. The first-order valence-corrected chi connectivity index (χ1v) is 7.13. The monoisotopic (exact) mass is 285 g/mol. The summed E-state index contributed by atoms with van der Waals surface area (Å²) in [6.45, 7) is 2.81. The van der Waals surface area contributed by atoms with Crippen LogP contribution in [0.2, 0.25) is 0 Å². The van der Waals surface area contributed by atoms with E-state index in [1.54, 1.807) is 0 Å². The van der Waals surface area contributed by atoms with Gasteiger partial charge in [0.1, 0.15) is 13.2 Å². The summed E-state index contributed by atoms with van der Waals surface area (Å²) in [5.41, 5.74) is 3.23. The SMILES string of the molecule is OCc1ccc(CNCc2cccc3c2OCCO3)cc1. The number of nitrogens with one attached hydrogen (secondary N) is 1. The highest BCUT2D eigenvalue weighted by Gasteiger charge is 2.14. The highest BCUT2D eigenvalue weighted by Crippen LogP contribution is 2.33. The molecule has 0 amide bonds. The van der Waals surface area contributed by atoms with Gasteiger partial charge in [0.05, 0.1) is 6.61 Å². The molecule has 110 valence electrons. The lowest BCUT2D eigenvalue weighted by Gasteiger charge is -2.21. The molecule has 4 heteroatoms. The number of para-hydroxylation sites is 1. The minimum Gasteiger partial charge on any atom is -0.486 e. The van der Waals surface area contributed by atoms with E-state index in [1.165, 1.54) is 5.56 Å². The molecular weight excluding hydrogens is 266 g/mol. The first-order chi connectivity index (χ1) is 10.4. The van der Waals surface area contributed by atoms with Gasteiger partial charge in [-0.1, -0.05) is 36.4 Å². The fraction of sp³-hybridized carbons (Fsp3) is 0.294. The van der Waals surface area contributed by atoms with Crippen molar-refractivity contribution in [1.29, 1.82) is 0 Å². The maximum atomic E-state index is 9.02. The van der Waals surface area contributed by atoms with Gasteiger partial charge >= 0.3 is 0 Å². The highest BCUT2D eigenvalue weighted by molar-refractivity contribution is 5.47. The normalized spacial score (nSPS) is 13.2. The van der Waals surface area contributed by atoms with Gasteiger partial charge in [0.2, 0.25) is 0 Å². The first-order valence-electron chi connectivity index (χ1n) is 7.13. The van der Waals surface area contributed by atoms with Crippen molar-refractivity contribution in [2.24, 2.45) is 0 Å². The van der Waals surface area contributed by atoms with Crippen molar-refractivity contribution in [3.05, 3.63) is 59.2 Å². The number of fused-ring (bicyclic) bond motifs is 1. The third-order valence-corrected chi connectivity index (χ3v) is 3.50. The molecule has 1 aliphatic heterocycles. The smallest absolute Gasteiger partial charge is 0.165 e. The Bertz CT molecular complexity index is 595. The van der Waals surface area contributed by atoms with E-state index in [1.807, 2.05) is 36.4 Å². The van der Waals surface area contributed by atoms with E-state index in [0.717, 1.165) is 35.7 Å². The van der Waals surface area contributed by atoms with Gasteiger partial charge in [-0.15, -0.1) is 0 Å². The fourth-order valence-electron chi connectivity index (χ4n) is 2.38. The number of aliphatic hydroxyl groups excluding tert-OH is 1. The van der Waals surface area contributed by atoms with Crippen LogP contribution in [0.3, 0.4) is 0 Å². The minimum absolute atomic E-state index is 0.0845. The molecule has 4 nitrogen and oxygen atoms in total. The van der Waals surface area contributed by atoms with Gasteiger partial charge < -0.3 is 19.9 Å². The molecule has 2 N–H and O–H groups in total. The van der Waals surface area contributed by atoms with Gasteiger partial charge in [-0.2, -0.15) is 0 Å². The topological polar surface area (TPSA) is 50.7 Å². The lowest BCUT2D eigenvalue weighted by Crippen LogP contribution is -2.19. The van der Waals surface area contributed by atoms with Crippen LogP contribution in [0, 0.1) is 0 Å². The molecule has 1 aliphatic rings. The quantitative estimate of drug-likeness (QED) is 0.884. The fourth-order valence-corrected chi connectivity index (χ4v) is 2.38. The number of hydrogen-bond donors (Lipinski definition) is 2. The zero-order chi connectivity index (χ0) is 14.5. The Labute approximate surface area is 124 Å². The van der Waals surface area contributed by atoms with Gasteiger partial charge in [-0.05, 0) is 17.2 Å². The molecule has 0 fully saturated rings. The molecule has 0 atom stereocenters. The molecule has 2 aromatic carbocycles. The molecule has 3 rings (SSSR count). The van der Waals surface area contributed by atoms with Crippen molar-refractivity contribution < 1.29 is 14.6 Å². The molecule has 0 bridgehead atoms. The van der Waals surface area contributed by atoms with Gasteiger partial charge in [-0.3, -0.25) is 0 Å². The Morgan fingerprint density at radius 2 is 1.67 bits per heavy atom. The van der Waals surface area contributed by atoms with E-state index in [4.69, 9.17) is 14.6 Å². The van der Waals surface area contributed by atoms with Crippen molar-refractivity contribution in [2.75, 3.05) is 13.2 Å². The van der Waals surface area contributed by atoms with Crippen molar-refractivity contribution >= 4 is 0 Å². The second-order valence-electron chi connectivity index (χ2n) is 5.02. The number of ether oxygens (including phenoxy) is 2. The second-order valence-corrected chi connectivity index (χ2v) is 5.02. The molecule has 0 saturated carbocycles. The molecule has 2 aromatic rings. The van der Waals surface area contributed by atoms with Gasteiger partial charge in [0.15, 0.2) is 11.5 Å². The van der Waals surface area contributed by atoms with Crippen LogP contribution in [0.25, 0.3) is 0 Å². The Hall–Kier alpha value is -2.04. The zero-order valence-electron chi connectivity index (χ0n) is 11.8. The standard InChI is InChI=1S/C17H19NO3/c19-12-14-6-4-13(5-7-14)10-18-11-15-2-1-3-16-17(15)21-9-8-20-16/h1-7,18-19H,8-12H2. The largest absolute Gasteiger partial charge is 0.486 e. The second kappa shape index (κ2) is 6.61. The maximum Gasteiger partial charge on any atom is 0.165 e. The van der Waals surface area contributed by atoms with Crippen LogP contribution in [0.4, 0.5) is 0 Å². The minimum atomic E-state index is 0.0845. The molecule has 0 unspecified atom stereocenters. The number of aliphatic hydroxyl groups is 1. The molecule has 0 aliphatic carbocycles. The third kappa shape index (κ3) is 3.35. The Morgan fingerprint density at radius 3 is 2.48 bits per heavy atom. The predicted molar refractivity (Wildman–Crippen MR) is 80.3 cm³/mol. The van der Waals surface area contributed by atoms with E-state index in [2.05, 4.69) is 11.4 Å². The number of benzene rings is 2. The zero-order valence-corrected chi connectivity index (χ0v) is 11.8. The Balaban J connectivity index is 1.60. The van der Waals surface area contributed by atoms with Gasteiger partial charge in [-0.25, -0.2) is 0 Å². The van der Waals surface area contributed by atoms with Crippen molar-refractivity contribution in [1.82, 2.24) is 5.32 Å². The lowest BCUT2D eigenvalue weighted by atomic mass is 10.1. The average Bonchev–Trinajstić information content (AvgIpc) is 2.56. The average molecular weight is 285 g/mol. The number of rotatable bonds is 5. The summed E-state index contributed by atoms with van der Waals surface area (Å²) in [6, 6.07) is 13.9. The summed E-state index contributed by atoms with van der Waals surface area (Å²) < 4.78 is 11.3. The molecule has 1 heterocycles. The van der Waals surface area contributed by atoms with E-state index in [9.17, 15) is 0 Å². The van der Waals surface area contributed by atoms with Gasteiger partial charge in [0.25, 0.3) is 0 Å². The molecule has 0 aromatic heterocycles. The van der Waals surface area contributed by atoms with Crippen LogP contribution in [0.15, 0.2) is 42.5 Å². The predicted octanol–water partition coefficient (Wildman–Crippen LogP) is 2.24. The van der Waals surface area contributed by atoms with E-state index < -0.39 is 0 Å². The van der Waals surface area contributed by atoms with Crippen LogP contribution >= 0.6 is 0 Å². The van der Waals surface area contributed by atoms with Gasteiger partial charge in [0, 0.05) is 18.7 Å². The highest BCUT2D eigenvalue weighted by atomic mass is 16.6. The molecular formula is C17H19NO3. The van der Waals surface area contributed by atoms with E-state index >= 15 is 0 Å². The van der Waals surface area contributed by atoms with Crippen molar-refractivity contribution in [3.63, 3.8) is 0 Å². The summed E-state index contributed by atoms with van der Waals surface area (Å²) >= 11 is 0. The molecule has 21 heavy (non-hydrogen) atoms. The maximum absolute atomic E-state index is 9.02. The van der Waals surface area contributed by atoms with Crippen LogP contribution in [-0.4, -0.2) is 18.3 Å². The summed E-state index contributed by atoms with van der Waals surface area (Å²) in [4.78, 5) is 0. The number of hydrogen-bond acceptors (Lipinski definition) is 4. The first kappa shape index (κ1) is 13.9. The molecule has 0 radical (unpaired) electrons. The van der Waals surface area contributed by atoms with E-state index in [0.29, 0.717) is 13.2 Å². The summed E-state index contributed by atoms with van der Waals surface area (Å²) in [6.07, 6.45) is 0. The van der Waals surface area contributed by atoms with Crippen LogP contribution in [0.5, 0.6) is 11.5 Å². The van der Waals surface area contributed by atoms with Crippen LogP contribution in [-0.2, 0) is 19.7 Å². The van der Waals surface area contributed by atoms with Crippen LogP contribution < -0.4 is 14.8 Å². The molecule has 0 spiro atoms. The lowest BCUT2D eigenvalue weighted by molar-refractivity contribution is 0.169. The van der Waals surface area contributed by atoms with E-state index in [-0.39, 0.29) is 6.61 Å². The van der Waals surface area contributed by atoms with Crippen molar-refractivity contribution in [3.8, 4) is 11.5 Å². The summed E-state index contributed by atoms with van der Waals surface area (Å²) in [5, 5.41) is 12.4. The molecule has 0 saturated heterocycles. The summed E-state index contributed by atoms with van der Waals surface area (Å²) in [5.74, 6) is 1.68. The summed E-state index contributed by atoms with van der Waals surface area (Å²) in [7, 11) is 0. The van der Waals surface area contributed by atoms with Crippen molar-refractivity contribution in [2.45, 2.75) is 19.7 Å². The van der Waals surface area contributed by atoms with Crippen LogP contribution in [0.1, 0.15) is 16.7 Å². The third-order valence-electron chi connectivity index (χ3n) is 3.50.